The van der Waals surface area contributed by atoms with E-state index in [-0.39, 0.29) is 0 Å². The molecule has 0 heteroatoms. The fourth-order valence-electron chi connectivity index (χ4n) is 1.97. The number of rotatable bonds is 0. The monoisotopic (exact) mass is 120 g/mol. The van der Waals surface area contributed by atoms with Crippen LogP contribution in [0.25, 0.3) is 0 Å². The summed E-state index contributed by atoms with van der Waals surface area (Å²) in [6.45, 7) is 6.35. The molecule has 0 aliphatic heterocycles. The van der Waals surface area contributed by atoms with E-state index in [0.717, 1.165) is 5.92 Å². The second kappa shape index (κ2) is 1.50. The Labute approximate surface area is 56.3 Å². The Morgan fingerprint density at radius 1 is 1.67 bits per heavy atom. The average molecular weight is 120 g/mol. The van der Waals surface area contributed by atoms with Crippen molar-refractivity contribution in [2.75, 3.05) is 0 Å². The highest BCUT2D eigenvalue weighted by Gasteiger charge is 2.33. The molecule has 2 aliphatic rings. The van der Waals surface area contributed by atoms with Crippen molar-refractivity contribution in [3.05, 3.63) is 23.8 Å². The third kappa shape index (κ3) is 0.536. The van der Waals surface area contributed by atoms with Gasteiger partial charge in [0.2, 0.25) is 0 Å². The van der Waals surface area contributed by atoms with Crippen LogP contribution in [0.2, 0.25) is 0 Å². The van der Waals surface area contributed by atoms with Crippen LogP contribution < -0.4 is 0 Å². The quantitative estimate of drug-likeness (QED) is 0.431. The van der Waals surface area contributed by atoms with Crippen LogP contribution in [0.3, 0.4) is 0 Å². The molecule has 48 valence electrons. The van der Waals surface area contributed by atoms with E-state index in [1.807, 2.05) is 0 Å². The summed E-state index contributed by atoms with van der Waals surface area (Å²) in [5.74, 6) is 1.54. The molecule has 0 saturated heterocycles. The SMILES string of the molecule is C=C1C2CC=C(C2)C1C. The first-order chi connectivity index (χ1) is 4.29. The van der Waals surface area contributed by atoms with Crippen molar-refractivity contribution in [2.24, 2.45) is 11.8 Å². The lowest BCUT2D eigenvalue weighted by Gasteiger charge is -2.12. The Morgan fingerprint density at radius 3 is 2.78 bits per heavy atom. The van der Waals surface area contributed by atoms with Gasteiger partial charge in [0, 0.05) is 0 Å². The second-order valence-corrected chi connectivity index (χ2v) is 3.21. The molecule has 0 heterocycles. The molecule has 0 nitrogen and oxygen atoms in total. The van der Waals surface area contributed by atoms with Crippen molar-refractivity contribution in [1.82, 2.24) is 0 Å². The molecule has 0 spiro atoms. The second-order valence-electron chi connectivity index (χ2n) is 3.21. The van der Waals surface area contributed by atoms with Crippen molar-refractivity contribution in [3.8, 4) is 0 Å². The van der Waals surface area contributed by atoms with Crippen LogP contribution in [0.1, 0.15) is 19.8 Å². The Balaban J connectivity index is 2.39. The Morgan fingerprint density at radius 2 is 2.44 bits per heavy atom. The number of hydrogen-bond donors (Lipinski definition) is 0. The number of hydrogen-bond acceptors (Lipinski definition) is 0. The number of allylic oxidation sites excluding steroid dienone is 3. The fourth-order valence-corrected chi connectivity index (χ4v) is 1.97. The van der Waals surface area contributed by atoms with Gasteiger partial charge in [-0.05, 0) is 24.7 Å². The minimum atomic E-state index is 0.712. The van der Waals surface area contributed by atoms with E-state index in [1.54, 1.807) is 5.57 Å². The van der Waals surface area contributed by atoms with Crippen LogP contribution in [0, 0.1) is 11.8 Å². The van der Waals surface area contributed by atoms with Crippen LogP contribution in [-0.2, 0) is 0 Å². The standard InChI is InChI=1S/C9H12/c1-6-7(2)9-4-3-8(6)5-9/h4,7-8H,1,3,5H2,2H3. The van der Waals surface area contributed by atoms with Gasteiger partial charge >= 0.3 is 0 Å². The molecule has 0 N–H and O–H groups in total. The normalized spacial score (nSPS) is 39.7. The van der Waals surface area contributed by atoms with Crippen molar-refractivity contribution >= 4 is 0 Å². The van der Waals surface area contributed by atoms with E-state index >= 15 is 0 Å². The first-order valence-electron chi connectivity index (χ1n) is 3.66. The molecule has 2 bridgehead atoms. The highest BCUT2D eigenvalue weighted by molar-refractivity contribution is 5.34. The lowest BCUT2D eigenvalue weighted by atomic mass is 9.93. The molecule has 2 aliphatic carbocycles. The van der Waals surface area contributed by atoms with Gasteiger partial charge in [0.1, 0.15) is 0 Å². The van der Waals surface area contributed by atoms with Gasteiger partial charge in [0.25, 0.3) is 0 Å². The van der Waals surface area contributed by atoms with Gasteiger partial charge < -0.3 is 0 Å². The van der Waals surface area contributed by atoms with Crippen molar-refractivity contribution in [2.45, 2.75) is 19.8 Å². The molecule has 2 unspecified atom stereocenters. The topological polar surface area (TPSA) is 0 Å². The summed E-state index contributed by atoms with van der Waals surface area (Å²) in [4.78, 5) is 0. The molecular formula is C9H12. The van der Waals surface area contributed by atoms with Crippen molar-refractivity contribution in [3.63, 3.8) is 0 Å². The van der Waals surface area contributed by atoms with Gasteiger partial charge in [-0.1, -0.05) is 30.7 Å². The minimum absolute atomic E-state index is 0.712. The van der Waals surface area contributed by atoms with Gasteiger partial charge in [-0.3, -0.25) is 0 Å². The Bertz CT molecular complexity index is 186. The zero-order chi connectivity index (χ0) is 6.43. The van der Waals surface area contributed by atoms with Gasteiger partial charge in [-0.25, -0.2) is 0 Å². The van der Waals surface area contributed by atoms with Crippen LogP contribution in [0.15, 0.2) is 23.8 Å². The summed E-state index contributed by atoms with van der Waals surface area (Å²) in [6.07, 6.45) is 4.99. The maximum Gasteiger partial charge on any atom is -0.00209 e. The Kier molecular flexibility index (Phi) is 0.879. The maximum atomic E-state index is 4.08. The van der Waals surface area contributed by atoms with Gasteiger partial charge in [0.05, 0.1) is 0 Å². The van der Waals surface area contributed by atoms with Gasteiger partial charge in [0.15, 0.2) is 0 Å². The average Bonchev–Trinajstić information content (AvgIpc) is 2.37. The fraction of sp³-hybridized carbons (Fsp3) is 0.556. The first kappa shape index (κ1) is 5.28. The third-order valence-electron chi connectivity index (χ3n) is 2.78. The molecular weight excluding hydrogens is 108 g/mol. The zero-order valence-corrected chi connectivity index (χ0v) is 5.85. The lowest BCUT2D eigenvalue weighted by Crippen LogP contribution is -2.00. The largest absolute Gasteiger partial charge is 0.0990 e. The zero-order valence-electron chi connectivity index (χ0n) is 5.85. The molecule has 2 rings (SSSR count). The highest BCUT2D eigenvalue weighted by atomic mass is 14.4. The van der Waals surface area contributed by atoms with E-state index in [9.17, 15) is 0 Å². The van der Waals surface area contributed by atoms with E-state index in [4.69, 9.17) is 0 Å². The van der Waals surface area contributed by atoms with Gasteiger partial charge in [-0.2, -0.15) is 0 Å². The summed E-state index contributed by atoms with van der Waals surface area (Å²) in [5, 5.41) is 0. The smallest absolute Gasteiger partial charge is 0.00209 e. The number of fused-ring (bicyclic) bond motifs is 2. The molecule has 1 saturated carbocycles. The molecule has 2 atom stereocenters. The summed E-state index contributed by atoms with van der Waals surface area (Å²) >= 11 is 0. The molecule has 0 amide bonds. The maximum absolute atomic E-state index is 4.08. The molecule has 0 radical (unpaired) electrons. The van der Waals surface area contributed by atoms with Crippen molar-refractivity contribution < 1.29 is 0 Å². The van der Waals surface area contributed by atoms with Crippen LogP contribution in [0.5, 0.6) is 0 Å². The molecule has 1 fully saturated rings. The van der Waals surface area contributed by atoms with E-state index < -0.39 is 0 Å². The van der Waals surface area contributed by atoms with Crippen LogP contribution >= 0.6 is 0 Å². The summed E-state index contributed by atoms with van der Waals surface area (Å²) in [6, 6.07) is 0. The van der Waals surface area contributed by atoms with E-state index in [1.165, 1.54) is 18.4 Å². The van der Waals surface area contributed by atoms with E-state index in [2.05, 4.69) is 19.6 Å². The predicted molar refractivity (Wildman–Crippen MR) is 39.1 cm³/mol. The van der Waals surface area contributed by atoms with Crippen LogP contribution in [0.4, 0.5) is 0 Å². The summed E-state index contributed by atoms with van der Waals surface area (Å²) in [7, 11) is 0. The first-order valence-corrected chi connectivity index (χ1v) is 3.66. The van der Waals surface area contributed by atoms with Gasteiger partial charge in [-0.15, -0.1) is 0 Å². The molecule has 0 aromatic rings. The summed E-state index contributed by atoms with van der Waals surface area (Å²) in [5.41, 5.74) is 3.12. The predicted octanol–water partition coefficient (Wildman–Crippen LogP) is 2.53. The summed E-state index contributed by atoms with van der Waals surface area (Å²) < 4.78 is 0. The lowest BCUT2D eigenvalue weighted by molar-refractivity contribution is 0.669. The minimum Gasteiger partial charge on any atom is -0.0990 e. The molecule has 0 aromatic carbocycles. The third-order valence-corrected chi connectivity index (χ3v) is 2.78. The molecule has 0 aromatic heterocycles. The molecule has 9 heavy (non-hydrogen) atoms. The van der Waals surface area contributed by atoms with E-state index in [0.29, 0.717) is 5.92 Å². The Hall–Kier alpha value is -0.520. The van der Waals surface area contributed by atoms with Crippen molar-refractivity contribution in [1.29, 1.82) is 0 Å². The highest BCUT2D eigenvalue weighted by Crippen LogP contribution is 2.46. The van der Waals surface area contributed by atoms with Crippen LogP contribution in [-0.4, -0.2) is 0 Å².